The van der Waals surface area contributed by atoms with Gasteiger partial charge in [0.2, 0.25) is 5.91 Å². The number of carboxylic acids is 1. The van der Waals surface area contributed by atoms with E-state index < -0.39 is 54.1 Å². The number of carbonyl (C=O) groups is 3. The Morgan fingerprint density at radius 3 is 2.50 bits per heavy atom. The molecule has 2 amide bonds. The molecule has 1 aromatic carbocycles. The number of imidazole rings is 1. The molecule has 1 aliphatic rings. The topological polar surface area (TPSA) is 213 Å². The predicted molar refractivity (Wildman–Crippen MR) is 139 cm³/mol. The Morgan fingerprint density at radius 1 is 1.18 bits per heavy atom. The number of anilines is 1. The summed E-state index contributed by atoms with van der Waals surface area (Å²) in [6.45, 7) is 5.02. The first kappa shape index (κ1) is 28.5. The van der Waals surface area contributed by atoms with Crippen molar-refractivity contribution in [3.8, 4) is 5.75 Å². The van der Waals surface area contributed by atoms with E-state index in [9.17, 15) is 24.6 Å². The number of hydrogen-bond donors (Lipinski definition) is 5. The van der Waals surface area contributed by atoms with Crippen LogP contribution in [0.1, 0.15) is 32.6 Å². The number of aliphatic hydroxyl groups excluding tert-OH is 1. The third-order valence-electron chi connectivity index (χ3n) is 6.09. The van der Waals surface area contributed by atoms with Crippen LogP contribution >= 0.6 is 0 Å². The molecule has 4 rings (SSSR count). The van der Waals surface area contributed by atoms with E-state index in [1.807, 2.05) is 0 Å². The van der Waals surface area contributed by atoms with E-state index in [1.54, 1.807) is 45.0 Å². The van der Waals surface area contributed by atoms with Crippen LogP contribution in [0.25, 0.3) is 11.2 Å². The van der Waals surface area contributed by atoms with Crippen LogP contribution in [0.4, 0.5) is 10.6 Å². The van der Waals surface area contributed by atoms with E-state index in [1.165, 1.54) is 24.3 Å². The highest BCUT2D eigenvalue weighted by Gasteiger charge is 2.50. The molecular weight excluding hydrogens is 526 g/mol. The summed E-state index contributed by atoms with van der Waals surface area (Å²) in [6.07, 6.45) is -2.79. The summed E-state index contributed by atoms with van der Waals surface area (Å²) in [5, 5.41) is 26.0. The van der Waals surface area contributed by atoms with Gasteiger partial charge in [0.1, 0.15) is 35.3 Å². The second kappa shape index (κ2) is 11.3. The van der Waals surface area contributed by atoms with Crippen LogP contribution in [-0.4, -0.2) is 84.7 Å². The number of alkyl carbamates (subject to hydrolysis) is 1. The molecule has 0 bridgehead atoms. The fourth-order valence-electron chi connectivity index (χ4n) is 4.25. The maximum atomic E-state index is 13.5. The van der Waals surface area contributed by atoms with Crippen molar-refractivity contribution >= 4 is 35.0 Å². The summed E-state index contributed by atoms with van der Waals surface area (Å²) in [5.41, 5.74) is 6.11. The SMILES string of the molecule is COc1ccc(C[C@H](NC(=O)OC(C)(C)C)C(=O)N[C@H]2[C@@H](O)[C@H](n3cnc4c(N)ncnc43)O[C@@H]2C(=O)O)cc1. The van der Waals surface area contributed by atoms with E-state index in [2.05, 4.69) is 25.6 Å². The summed E-state index contributed by atoms with van der Waals surface area (Å²) in [6, 6.07) is 4.25. The number of aromatic nitrogens is 4. The van der Waals surface area contributed by atoms with Crippen LogP contribution in [0.15, 0.2) is 36.9 Å². The summed E-state index contributed by atoms with van der Waals surface area (Å²) in [4.78, 5) is 50.2. The van der Waals surface area contributed by atoms with Crippen LogP contribution in [0.5, 0.6) is 5.75 Å². The Balaban J connectivity index is 1.58. The van der Waals surface area contributed by atoms with Gasteiger partial charge in [-0.25, -0.2) is 24.5 Å². The summed E-state index contributed by atoms with van der Waals surface area (Å²) < 4.78 is 17.4. The molecule has 1 fully saturated rings. The average molecular weight is 558 g/mol. The Kier molecular flexibility index (Phi) is 8.06. The van der Waals surface area contributed by atoms with Gasteiger partial charge in [0, 0.05) is 6.42 Å². The van der Waals surface area contributed by atoms with Crippen molar-refractivity contribution in [2.24, 2.45) is 0 Å². The van der Waals surface area contributed by atoms with Gasteiger partial charge in [-0.15, -0.1) is 0 Å². The quantitative estimate of drug-likeness (QED) is 0.254. The Labute approximate surface area is 228 Å². The first-order valence-electron chi connectivity index (χ1n) is 12.3. The molecular formula is C25H31N7O8. The van der Waals surface area contributed by atoms with Crippen LogP contribution in [0.2, 0.25) is 0 Å². The molecule has 3 aromatic rings. The number of rotatable bonds is 8. The van der Waals surface area contributed by atoms with E-state index >= 15 is 0 Å². The minimum atomic E-state index is -1.64. The number of benzene rings is 1. The van der Waals surface area contributed by atoms with Crippen molar-refractivity contribution in [1.82, 2.24) is 30.2 Å². The van der Waals surface area contributed by atoms with Gasteiger partial charge >= 0.3 is 12.1 Å². The molecule has 0 aliphatic carbocycles. The number of aliphatic carboxylic acids is 1. The second-order valence-electron chi connectivity index (χ2n) is 10.1. The number of ether oxygens (including phenoxy) is 3. The molecule has 214 valence electrons. The van der Waals surface area contributed by atoms with Crippen molar-refractivity contribution in [2.45, 2.75) is 63.3 Å². The van der Waals surface area contributed by atoms with E-state index in [0.29, 0.717) is 11.3 Å². The number of fused-ring (bicyclic) bond motifs is 1. The van der Waals surface area contributed by atoms with Crippen LogP contribution < -0.4 is 21.1 Å². The lowest BCUT2D eigenvalue weighted by Crippen LogP contribution is -2.56. The molecule has 15 nitrogen and oxygen atoms in total. The van der Waals surface area contributed by atoms with Crippen molar-refractivity contribution in [1.29, 1.82) is 0 Å². The molecule has 0 unspecified atom stereocenters. The standard InChI is InChI=1S/C25H31N7O8/c1-25(2,3)40-24(37)30-14(9-12-5-7-13(38-4)8-6-12)21(34)31-15-17(33)22(39-18(15)23(35)36)32-11-29-16-19(26)27-10-28-20(16)32/h5-8,10-11,14-15,17-18,22,33H,9H2,1-4H3,(H,30,37)(H,31,34)(H,35,36)(H2,26,27,28)/t14-,15-,17+,18-,22+/m0/s1. The summed E-state index contributed by atoms with van der Waals surface area (Å²) in [7, 11) is 1.52. The number of carbonyl (C=O) groups excluding carboxylic acids is 2. The lowest BCUT2D eigenvalue weighted by atomic mass is 10.0. The van der Waals surface area contributed by atoms with E-state index in [4.69, 9.17) is 19.9 Å². The number of aliphatic hydroxyl groups is 1. The average Bonchev–Trinajstić information content (AvgIpc) is 3.45. The molecule has 40 heavy (non-hydrogen) atoms. The largest absolute Gasteiger partial charge is 0.497 e. The third-order valence-corrected chi connectivity index (χ3v) is 6.09. The normalized spacial score (nSPS) is 21.5. The van der Waals surface area contributed by atoms with E-state index in [-0.39, 0.29) is 23.4 Å². The fraction of sp³-hybridized carbons (Fsp3) is 0.440. The molecule has 0 radical (unpaired) electrons. The number of methoxy groups -OCH3 is 1. The second-order valence-corrected chi connectivity index (χ2v) is 10.1. The third kappa shape index (κ3) is 6.21. The molecule has 15 heteroatoms. The zero-order valence-electron chi connectivity index (χ0n) is 22.3. The van der Waals surface area contributed by atoms with Gasteiger partial charge in [-0.3, -0.25) is 9.36 Å². The highest BCUT2D eigenvalue weighted by Crippen LogP contribution is 2.32. The zero-order valence-corrected chi connectivity index (χ0v) is 22.3. The Morgan fingerprint density at radius 2 is 1.88 bits per heavy atom. The van der Waals surface area contributed by atoms with Gasteiger partial charge < -0.3 is 40.8 Å². The van der Waals surface area contributed by atoms with Gasteiger partial charge in [0.25, 0.3) is 0 Å². The minimum absolute atomic E-state index is 0.0300. The molecule has 2 aromatic heterocycles. The lowest BCUT2D eigenvalue weighted by Gasteiger charge is -2.26. The monoisotopic (exact) mass is 557 g/mol. The van der Waals surface area contributed by atoms with Gasteiger partial charge in [-0.2, -0.15) is 0 Å². The molecule has 0 saturated carbocycles. The van der Waals surface area contributed by atoms with Gasteiger partial charge in [-0.05, 0) is 38.5 Å². The maximum absolute atomic E-state index is 13.5. The van der Waals surface area contributed by atoms with Gasteiger partial charge in [0.15, 0.2) is 23.8 Å². The van der Waals surface area contributed by atoms with Crippen molar-refractivity contribution in [3.05, 3.63) is 42.5 Å². The molecule has 1 saturated heterocycles. The van der Waals surface area contributed by atoms with Crippen LogP contribution in [0.3, 0.4) is 0 Å². The first-order chi connectivity index (χ1) is 18.9. The number of amides is 2. The smallest absolute Gasteiger partial charge is 0.408 e. The number of carboxylic acid groups (broad SMARTS) is 1. The van der Waals surface area contributed by atoms with Crippen LogP contribution in [0, 0.1) is 0 Å². The minimum Gasteiger partial charge on any atom is -0.497 e. The molecule has 5 atom stereocenters. The highest BCUT2D eigenvalue weighted by atomic mass is 16.6. The fourth-order valence-corrected chi connectivity index (χ4v) is 4.25. The lowest BCUT2D eigenvalue weighted by molar-refractivity contribution is -0.152. The Hall–Kier alpha value is -4.50. The zero-order chi connectivity index (χ0) is 29.2. The number of hydrogen-bond acceptors (Lipinski definition) is 11. The predicted octanol–water partition coefficient (Wildman–Crippen LogP) is 0.381. The summed E-state index contributed by atoms with van der Waals surface area (Å²) in [5.74, 6) is -1.49. The maximum Gasteiger partial charge on any atom is 0.408 e. The number of nitrogens with one attached hydrogen (secondary N) is 2. The van der Waals surface area contributed by atoms with Crippen LogP contribution in [-0.2, 0) is 25.5 Å². The molecule has 3 heterocycles. The van der Waals surface area contributed by atoms with Gasteiger partial charge in [0.05, 0.1) is 19.5 Å². The van der Waals surface area contributed by atoms with E-state index in [0.717, 1.165) is 0 Å². The van der Waals surface area contributed by atoms with Crippen molar-refractivity contribution in [3.63, 3.8) is 0 Å². The molecule has 6 N–H and O–H groups in total. The Bertz CT molecular complexity index is 1390. The molecule has 1 aliphatic heterocycles. The number of nitrogens with two attached hydrogens (primary N) is 1. The first-order valence-corrected chi connectivity index (χ1v) is 12.3. The van der Waals surface area contributed by atoms with Crippen molar-refractivity contribution in [2.75, 3.05) is 12.8 Å². The summed E-state index contributed by atoms with van der Waals surface area (Å²) >= 11 is 0. The molecule has 0 spiro atoms. The number of nitrogens with zero attached hydrogens (tertiary/aromatic N) is 4. The van der Waals surface area contributed by atoms with Gasteiger partial charge in [-0.1, -0.05) is 12.1 Å². The van der Waals surface area contributed by atoms with Crippen molar-refractivity contribution < 1.29 is 38.8 Å². The number of nitrogen functional groups attached to an aromatic ring is 1. The highest BCUT2D eigenvalue weighted by molar-refractivity contribution is 5.87.